The van der Waals surface area contributed by atoms with Crippen molar-refractivity contribution in [2.24, 2.45) is 0 Å². The zero-order valence-corrected chi connectivity index (χ0v) is 14.6. The van der Waals surface area contributed by atoms with Crippen molar-refractivity contribution in [3.05, 3.63) is 59.7 Å². The highest BCUT2D eigenvalue weighted by atomic mass is 14.3. The zero-order valence-electron chi connectivity index (χ0n) is 14.6. The Morgan fingerprint density at radius 3 is 1.18 bits per heavy atom. The molecule has 0 heteroatoms. The van der Waals surface area contributed by atoms with Crippen molar-refractivity contribution >= 4 is 21.5 Å². The summed E-state index contributed by atoms with van der Waals surface area (Å²) in [6.45, 7) is 13.9. The molecule has 0 spiro atoms. The van der Waals surface area contributed by atoms with E-state index in [9.17, 15) is 0 Å². The van der Waals surface area contributed by atoms with Crippen LogP contribution in [0, 0.1) is 0 Å². The van der Waals surface area contributed by atoms with Crippen LogP contribution in [0.25, 0.3) is 21.5 Å². The molecule has 0 saturated carbocycles. The van der Waals surface area contributed by atoms with Crippen molar-refractivity contribution < 1.29 is 0 Å². The summed E-state index contributed by atoms with van der Waals surface area (Å²) in [7, 11) is 0. The number of fused-ring (bicyclic) bond motifs is 2. The Hall–Kier alpha value is -1.82. The van der Waals surface area contributed by atoms with Crippen LogP contribution in [0.15, 0.2) is 48.5 Å². The Labute approximate surface area is 134 Å². The van der Waals surface area contributed by atoms with E-state index in [1.807, 2.05) is 0 Å². The lowest BCUT2D eigenvalue weighted by Crippen LogP contribution is -2.21. The smallest absolute Gasteiger partial charge is 0.0129 e. The fourth-order valence-electron chi connectivity index (χ4n) is 3.23. The SMILES string of the molecule is CC(C)(C)c1cc2cc3ccccc3cc2cc1C(C)(C)C. The minimum Gasteiger partial charge on any atom is -0.0616 e. The maximum atomic E-state index is 2.41. The Balaban J connectivity index is 2.40. The summed E-state index contributed by atoms with van der Waals surface area (Å²) in [5.41, 5.74) is 3.23. The van der Waals surface area contributed by atoms with Gasteiger partial charge in [-0.1, -0.05) is 77.9 Å². The van der Waals surface area contributed by atoms with Gasteiger partial charge in [-0.2, -0.15) is 0 Å². The van der Waals surface area contributed by atoms with Gasteiger partial charge in [0, 0.05) is 0 Å². The van der Waals surface area contributed by atoms with Crippen LogP contribution >= 0.6 is 0 Å². The van der Waals surface area contributed by atoms with Crippen molar-refractivity contribution in [3.63, 3.8) is 0 Å². The number of rotatable bonds is 0. The first-order valence-corrected chi connectivity index (χ1v) is 8.14. The summed E-state index contributed by atoms with van der Waals surface area (Å²) in [5.74, 6) is 0. The highest BCUT2D eigenvalue weighted by Gasteiger charge is 2.25. The van der Waals surface area contributed by atoms with Crippen LogP contribution in [0.3, 0.4) is 0 Å². The first-order valence-electron chi connectivity index (χ1n) is 8.14. The predicted octanol–water partition coefficient (Wildman–Crippen LogP) is 6.59. The van der Waals surface area contributed by atoms with Crippen molar-refractivity contribution in [1.29, 1.82) is 0 Å². The number of hydrogen-bond acceptors (Lipinski definition) is 0. The molecule has 0 aromatic heterocycles. The molecule has 0 aliphatic rings. The maximum Gasteiger partial charge on any atom is -0.0129 e. The van der Waals surface area contributed by atoms with Gasteiger partial charge in [0.25, 0.3) is 0 Å². The Morgan fingerprint density at radius 2 is 0.864 bits per heavy atom. The minimum absolute atomic E-state index is 0.155. The zero-order chi connectivity index (χ0) is 16.1. The van der Waals surface area contributed by atoms with Crippen LogP contribution in [0.5, 0.6) is 0 Å². The molecule has 114 valence electrons. The third-order valence-electron chi connectivity index (χ3n) is 4.46. The largest absolute Gasteiger partial charge is 0.0616 e. The second-order valence-corrected chi connectivity index (χ2v) is 8.44. The molecule has 0 radical (unpaired) electrons. The number of hydrogen-bond donors (Lipinski definition) is 0. The Bertz CT molecular complexity index is 767. The van der Waals surface area contributed by atoms with Crippen LogP contribution in [0.4, 0.5) is 0 Å². The van der Waals surface area contributed by atoms with Gasteiger partial charge in [0.1, 0.15) is 0 Å². The fourth-order valence-corrected chi connectivity index (χ4v) is 3.23. The van der Waals surface area contributed by atoms with Gasteiger partial charge < -0.3 is 0 Å². The fraction of sp³-hybridized carbons (Fsp3) is 0.364. The topological polar surface area (TPSA) is 0 Å². The lowest BCUT2D eigenvalue weighted by Gasteiger charge is -2.30. The summed E-state index contributed by atoms with van der Waals surface area (Å²) in [6.07, 6.45) is 0. The molecular weight excluding hydrogens is 264 g/mol. The molecule has 0 aliphatic carbocycles. The summed E-state index contributed by atoms with van der Waals surface area (Å²) in [6, 6.07) is 18.1. The summed E-state index contributed by atoms with van der Waals surface area (Å²) in [5, 5.41) is 5.32. The van der Waals surface area contributed by atoms with E-state index in [1.165, 1.54) is 32.7 Å². The third kappa shape index (κ3) is 2.63. The minimum atomic E-state index is 0.155. The first kappa shape index (κ1) is 15.1. The quantitative estimate of drug-likeness (QED) is 0.410. The maximum absolute atomic E-state index is 2.41. The summed E-state index contributed by atoms with van der Waals surface area (Å²) >= 11 is 0. The molecule has 0 bridgehead atoms. The standard InChI is InChI=1S/C22H26/c1-21(2,3)19-13-17-11-15-9-7-8-10-16(15)12-18(17)14-20(19)22(4,5)6/h7-14H,1-6H3. The lowest BCUT2D eigenvalue weighted by atomic mass is 9.74. The van der Waals surface area contributed by atoms with E-state index >= 15 is 0 Å². The normalized spacial score (nSPS) is 13.0. The van der Waals surface area contributed by atoms with Crippen molar-refractivity contribution in [2.75, 3.05) is 0 Å². The summed E-state index contributed by atoms with van der Waals surface area (Å²) < 4.78 is 0. The molecule has 0 unspecified atom stereocenters. The first-order chi connectivity index (χ1) is 10.2. The van der Waals surface area contributed by atoms with E-state index in [0.717, 1.165) is 0 Å². The molecule has 0 saturated heterocycles. The van der Waals surface area contributed by atoms with Gasteiger partial charge in [-0.3, -0.25) is 0 Å². The molecule has 3 rings (SSSR count). The van der Waals surface area contributed by atoms with E-state index in [2.05, 4.69) is 90.1 Å². The van der Waals surface area contributed by atoms with Gasteiger partial charge in [-0.05, 0) is 55.6 Å². The van der Waals surface area contributed by atoms with Gasteiger partial charge in [-0.25, -0.2) is 0 Å². The van der Waals surface area contributed by atoms with Gasteiger partial charge in [0.05, 0.1) is 0 Å². The monoisotopic (exact) mass is 290 g/mol. The van der Waals surface area contributed by atoms with Crippen molar-refractivity contribution in [1.82, 2.24) is 0 Å². The molecule has 0 atom stereocenters. The van der Waals surface area contributed by atoms with Crippen LogP contribution in [0.2, 0.25) is 0 Å². The highest BCUT2D eigenvalue weighted by Crippen LogP contribution is 2.37. The molecule has 22 heavy (non-hydrogen) atoms. The Morgan fingerprint density at radius 1 is 0.500 bits per heavy atom. The molecule has 0 N–H and O–H groups in total. The molecule has 0 amide bonds. The van der Waals surface area contributed by atoms with Gasteiger partial charge in [-0.15, -0.1) is 0 Å². The molecule has 0 aliphatic heterocycles. The predicted molar refractivity (Wildman–Crippen MR) is 98.9 cm³/mol. The van der Waals surface area contributed by atoms with E-state index in [-0.39, 0.29) is 10.8 Å². The average Bonchev–Trinajstić information content (AvgIpc) is 2.41. The second-order valence-electron chi connectivity index (χ2n) is 8.44. The molecule has 0 nitrogen and oxygen atoms in total. The van der Waals surface area contributed by atoms with E-state index in [1.54, 1.807) is 0 Å². The lowest BCUT2D eigenvalue weighted by molar-refractivity contribution is 0.531. The highest BCUT2D eigenvalue weighted by molar-refractivity contribution is 5.99. The summed E-state index contributed by atoms with van der Waals surface area (Å²) in [4.78, 5) is 0. The molecule has 0 fully saturated rings. The van der Waals surface area contributed by atoms with Gasteiger partial charge in [0.2, 0.25) is 0 Å². The van der Waals surface area contributed by atoms with Crippen LogP contribution < -0.4 is 0 Å². The van der Waals surface area contributed by atoms with E-state index < -0.39 is 0 Å². The molecule has 3 aromatic carbocycles. The van der Waals surface area contributed by atoms with Gasteiger partial charge in [0.15, 0.2) is 0 Å². The van der Waals surface area contributed by atoms with Crippen LogP contribution in [-0.2, 0) is 10.8 Å². The van der Waals surface area contributed by atoms with Crippen molar-refractivity contribution in [2.45, 2.75) is 52.4 Å². The third-order valence-corrected chi connectivity index (χ3v) is 4.46. The van der Waals surface area contributed by atoms with E-state index in [0.29, 0.717) is 0 Å². The molecule has 3 aromatic rings. The van der Waals surface area contributed by atoms with Crippen LogP contribution in [0.1, 0.15) is 52.7 Å². The molecule has 0 heterocycles. The van der Waals surface area contributed by atoms with Gasteiger partial charge >= 0.3 is 0 Å². The average molecular weight is 290 g/mol. The van der Waals surface area contributed by atoms with E-state index in [4.69, 9.17) is 0 Å². The second kappa shape index (κ2) is 4.84. The van der Waals surface area contributed by atoms with Crippen LogP contribution in [-0.4, -0.2) is 0 Å². The molecular formula is C22H26. The Kier molecular flexibility index (Phi) is 3.32. The van der Waals surface area contributed by atoms with Crippen molar-refractivity contribution in [3.8, 4) is 0 Å². The number of benzene rings is 3.